The van der Waals surface area contributed by atoms with Crippen molar-refractivity contribution in [3.8, 4) is 17.2 Å². The number of ether oxygens (including phenoxy) is 2. The molecule has 134 valence electrons. The Morgan fingerprint density at radius 2 is 1.56 bits per heavy atom. The van der Waals surface area contributed by atoms with E-state index in [9.17, 15) is 0 Å². The molecule has 0 atom stereocenters. The lowest BCUT2D eigenvalue weighted by Gasteiger charge is -2.08. The van der Waals surface area contributed by atoms with Gasteiger partial charge in [0.25, 0.3) is 0 Å². The second kappa shape index (κ2) is 7.38. The maximum absolute atomic E-state index is 5.37. The van der Waals surface area contributed by atoms with Crippen LogP contribution in [0, 0.1) is 0 Å². The maximum Gasteiger partial charge on any atom is 0.161 e. The summed E-state index contributed by atoms with van der Waals surface area (Å²) in [5, 5.41) is 0. The Bertz CT molecular complexity index is 1110. The van der Waals surface area contributed by atoms with Crippen molar-refractivity contribution < 1.29 is 9.47 Å². The molecule has 0 saturated carbocycles. The van der Waals surface area contributed by atoms with Crippen LogP contribution >= 0.6 is 0 Å². The lowest BCUT2D eigenvalue weighted by Crippen LogP contribution is -1.92. The van der Waals surface area contributed by atoms with E-state index in [0.717, 1.165) is 39.3 Å². The van der Waals surface area contributed by atoms with Crippen molar-refractivity contribution in [1.29, 1.82) is 0 Å². The molecule has 0 N–H and O–H groups in total. The highest BCUT2D eigenvalue weighted by Crippen LogP contribution is 2.28. The number of benzene rings is 3. The second-order valence-corrected chi connectivity index (χ2v) is 6.15. The zero-order valence-corrected chi connectivity index (χ0v) is 15.3. The molecule has 4 rings (SSSR count). The summed E-state index contributed by atoms with van der Waals surface area (Å²) in [7, 11) is 3.28. The van der Waals surface area contributed by atoms with Crippen LogP contribution in [0.3, 0.4) is 0 Å². The number of fused-ring (bicyclic) bond motifs is 1. The number of hydrogen-bond acceptors (Lipinski definition) is 3. The topological polar surface area (TPSA) is 36.3 Å². The third-order valence-corrected chi connectivity index (χ3v) is 4.48. The molecule has 4 aromatic rings. The molecular weight excluding hydrogens is 336 g/mol. The van der Waals surface area contributed by atoms with Gasteiger partial charge in [0.1, 0.15) is 6.33 Å². The molecule has 0 unspecified atom stereocenters. The van der Waals surface area contributed by atoms with Gasteiger partial charge in [-0.1, -0.05) is 42.5 Å². The van der Waals surface area contributed by atoms with Crippen molar-refractivity contribution in [2.45, 2.75) is 0 Å². The molecule has 1 aromatic heterocycles. The van der Waals surface area contributed by atoms with E-state index < -0.39 is 0 Å². The van der Waals surface area contributed by atoms with Gasteiger partial charge in [-0.05, 0) is 47.5 Å². The smallest absolute Gasteiger partial charge is 0.161 e. The van der Waals surface area contributed by atoms with Crippen molar-refractivity contribution in [1.82, 2.24) is 9.55 Å². The standard InChI is InChI=1S/C23H20N2O2/c1-26-22-13-12-18(15-23(22)27-2)11-10-17-6-5-7-19(14-17)25-16-24-20-8-3-4-9-21(20)25/h3-16H,1-2H3/b11-10+. The molecular formula is C23H20N2O2. The zero-order valence-electron chi connectivity index (χ0n) is 15.3. The van der Waals surface area contributed by atoms with Crippen molar-refractivity contribution in [2.75, 3.05) is 14.2 Å². The average Bonchev–Trinajstić information content (AvgIpc) is 3.16. The number of hydrogen-bond donors (Lipinski definition) is 0. The molecule has 3 aromatic carbocycles. The van der Waals surface area contributed by atoms with Gasteiger partial charge in [0.15, 0.2) is 11.5 Å². The minimum absolute atomic E-state index is 0.721. The molecule has 4 heteroatoms. The quantitative estimate of drug-likeness (QED) is 0.460. The summed E-state index contributed by atoms with van der Waals surface area (Å²) >= 11 is 0. The SMILES string of the molecule is COc1ccc(/C=C/c2cccc(-n3cnc4ccccc43)c2)cc1OC. The van der Waals surface area contributed by atoms with Gasteiger partial charge < -0.3 is 9.47 Å². The molecule has 0 aliphatic carbocycles. The Morgan fingerprint density at radius 1 is 0.778 bits per heavy atom. The van der Waals surface area contributed by atoms with Gasteiger partial charge in [-0.15, -0.1) is 0 Å². The lowest BCUT2D eigenvalue weighted by molar-refractivity contribution is 0.355. The highest BCUT2D eigenvalue weighted by atomic mass is 16.5. The van der Waals surface area contributed by atoms with Gasteiger partial charge in [0.2, 0.25) is 0 Å². The van der Waals surface area contributed by atoms with E-state index in [4.69, 9.17) is 9.47 Å². The predicted octanol–water partition coefficient (Wildman–Crippen LogP) is 5.21. The van der Waals surface area contributed by atoms with Gasteiger partial charge in [0.05, 0.1) is 25.3 Å². The summed E-state index contributed by atoms with van der Waals surface area (Å²) in [6, 6.07) is 22.4. The predicted molar refractivity (Wildman–Crippen MR) is 110 cm³/mol. The molecule has 0 aliphatic heterocycles. The third kappa shape index (κ3) is 3.42. The Morgan fingerprint density at radius 3 is 2.37 bits per heavy atom. The first-order valence-electron chi connectivity index (χ1n) is 8.71. The van der Waals surface area contributed by atoms with Gasteiger partial charge in [0, 0.05) is 5.69 Å². The zero-order chi connectivity index (χ0) is 18.6. The maximum atomic E-state index is 5.37. The third-order valence-electron chi connectivity index (χ3n) is 4.48. The van der Waals surface area contributed by atoms with Crippen molar-refractivity contribution in [2.24, 2.45) is 0 Å². The number of imidazole rings is 1. The molecule has 0 spiro atoms. The highest BCUT2D eigenvalue weighted by Gasteiger charge is 2.05. The fraction of sp³-hybridized carbons (Fsp3) is 0.0870. The summed E-state index contributed by atoms with van der Waals surface area (Å²) in [4.78, 5) is 4.47. The van der Waals surface area contributed by atoms with E-state index in [2.05, 4.69) is 52.0 Å². The van der Waals surface area contributed by atoms with Crippen LogP contribution in [0.15, 0.2) is 73.1 Å². The lowest BCUT2D eigenvalue weighted by atomic mass is 10.1. The number of para-hydroxylation sites is 2. The number of methoxy groups -OCH3 is 2. The van der Waals surface area contributed by atoms with Gasteiger partial charge >= 0.3 is 0 Å². The molecule has 27 heavy (non-hydrogen) atoms. The van der Waals surface area contributed by atoms with Crippen LogP contribution in [-0.2, 0) is 0 Å². The van der Waals surface area contributed by atoms with Gasteiger partial charge in [-0.2, -0.15) is 0 Å². The summed E-state index contributed by atoms with van der Waals surface area (Å²) in [5.41, 5.74) is 5.33. The first-order valence-corrected chi connectivity index (χ1v) is 8.71. The molecule has 0 aliphatic rings. The molecule has 0 radical (unpaired) electrons. The van der Waals surface area contributed by atoms with Crippen molar-refractivity contribution >= 4 is 23.2 Å². The monoisotopic (exact) mass is 356 g/mol. The Balaban J connectivity index is 1.64. The highest BCUT2D eigenvalue weighted by molar-refractivity contribution is 5.78. The molecule has 4 nitrogen and oxygen atoms in total. The minimum atomic E-state index is 0.721. The summed E-state index contributed by atoms with van der Waals surface area (Å²) in [5.74, 6) is 1.45. The Kier molecular flexibility index (Phi) is 4.62. The number of rotatable bonds is 5. The van der Waals surface area contributed by atoms with Crippen LogP contribution in [0.4, 0.5) is 0 Å². The fourth-order valence-electron chi connectivity index (χ4n) is 3.09. The average molecular weight is 356 g/mol. The molecule has 0 saturated heterocycles. The van der Waals surface area contributed by atoms with E-state index in [1.165, 1.54) is 0 Å². The van der Waals surface area contributed by atoms with E-state index >= 15 is 0 Å². The number of nitrogens with zero attached hydrogens (tertiary/aromatic N) is 2. The largest absolute Gasteiger partial charge is 0.493 e. The van der Waals surface area contributed by atoms with Crippen LogP contribution in [0.25, 0.3) is 28.9 Å². The van der Waals surface area contributed by atoms with Crippen LogP contribution in [0.2, 0.25) is 0 Å². The van der Waals surface area contributed by atoms with Crippen LogP contribution < -0.4 is 9.47 Å². The molecule has 1 heterocycles. The van der Waals surface area contributed by atoms with E-state index in [1.807, 2.05) is 42.7 Å². The van der Waals surface area contributed by atoms with Crippen LogP contribution in [-0.4, -0.2) is 23.8 Å². The second-order valence-electron chi connectivity index (χ2n) is 6.15. The van der Waals surface area contributed by atoms with E-state index in [1.54, 1.807) is 14.2 Å². The van der Waals surface area contributed by atoms with E-state index in [0.29, 0.717) is 0 Å². The first kappa shape index (κ1) is 16.9. The summed E-state index contributed by atoms with van der Waals surface area (Å²) in [6.07, 6.45) is 6.01. The fourth-order valence-corrected chi connectivity index (χ4v) is 3.09. The van der Waals surface area contributed by atoms with Gasteiger partial charge in [-0.25, -0.2) is 4.98 Å². The van der Waals surface area contributed by atoms with Gasteiger partial charge in [-0.3, -0.25) is 4.57 Å². The van der Waals surface area contributed by atoms with Crippen LogP contribution in [0.5, 0.6) is 11.5 Å². The Labute approximate surface area is 158 Å². The summed E-state index contributed by atoms with van der Waals surface area (Å²) in [6.45, 7) is 0. The van der Waals surface area contributed by atoms with Crippen molar-refractivity contribution in [3.63, 3.8) is 0 Å². The molecule has 0 bridgehead atoms. The van der Waals surface area contributed by atoms with Crippen LogP contribution in [0.1, 0.15) is 11.1 Å². The summed E-state index contributed by atoms with van der Waals surface area (Å²) < 4.78 is 12.8. The molecule has 0 amide bonds. The first-order chi connectivity index (χ1) is 13.3. The normalized spacial score (nSPS) is 11.2. The number of aromatic nitrogens is 2. The molecule has 0 fully saturated rings. The van der Waals surface area contributed by atoms with E-state index in [-0.39, 0.29) is 0 Å². The minimum Gasteiger partial charge on any atom is -0.493 e. The Hall–Kier alpha value is -3.53. The van der Waals surface area contributed by atoms with Crippen molar-refractivity contribution in [3.05, 3.63) is 84.2 Å².